The number of carbonyl (C=O) groups is 1. The fourth-order valence-electron chi connectivity index (χ4n) is 1.56. The van der Waals surface area contributed by atoms with E-state index >= 15 is 0 Å². The summed E-state index contributed by atoms with van der Waals surface area (Å²) in [6.07, 6.45) is 3.26. The quantitative estimate of drug-likeness (QED) is 0.770. The number of hydrogen-bond donors (Lipinski definition) is 2. The molecule has 0 radical (unpaired) electrons. The third-order valence-electron chi connectivity index (χ3n) is 2.60. The Morgan fingerprint density at radius 3 is 2.75 bits per heavy atom. The predicted octanol–water partition coefficient (Wildman–Crippen LogP) is 1.73. The summed E-state index contributed by atoms with van der Waals surface area (Å²) < 4.78 is 0. The second kappa shape index (κ2) is 5.85. The minimum absolute atomic E-state index is 0.174. The van der Waals surface area contributed by atoms with Crippen molar-refractivity contribution in [3.8, 4) is 11.8 Å². The lowest BCUT2D eigenvalue weighted by atomic mass is 10.2. The fourth-order valence-corrected chi connectivity index (χ4v) is 1.56. The molecule has 0 aliphatic heterocycles. The molecule has 0 fully saturated rings. The Bertz CT molecular complexity index is 713. The van der Waals surface area contributed by atoms with Crippen molar-refractivity contribution >= 4 is 17.4 Å². The minimum atomic E-state index is -0.174. The van der Waals surface area contributed by atoms with Gasteiger partial charge < -0.3 is 11.1 Å². The molecule has 1 amide bonds. The van der Waals surface area contributed by atoms with Gasteiger partial charge >= 0.3 is 0 Å². The number of nitrogens with two attached hydrogens (primary N) is 1. The lowest BCUT2D eigenvalue weighted by Crippen LogP contribution is -2.07. The minimum Gasteiger partial charge on any atom is -0.396 e. The summed E-state index contributed by atoms with van der Waals surface area (Å²) >= 11 is 0. The van der Waals surface area contributed by atoms with Crippen molar-refractivity contribution in [1.82, 2.24) is 9.97 Å². The number of hydrogen-bond acceptors (Lipinski definition) is 4. The first-order chi connectivity index (χ1) is 9.56. The van der Waals surface area contributed by atoms with Gasteiger partial charge in [0.25, 0.3) is 0 Å². The van der Waals surface area contributed by atoms with E-state index in [-0.39, 0.29) is 5.91 Å². The van der Waals surface area contributed by atoms with E-state index in [2.05, 4.69) is 27.1 Å². The summed E-state index contributed by atoms with van der Waals surface area (Å²) in [5, 5.41) is 2.61. The van der Waals surface area contributed by atoms with Gasteiger partial charge in [-0.2, -0.15) is 0 Å². The van der Waals surface area contributed by atoms with E-state index in [4.69, 9.17) is 5.73 Å². The maximum absolute atomic E-state index is 11.0. The highest BCUT2D eigenvalue weighted by Crippen LogP contribution is 2.12. The van der Waals surface area contributed by atoms with Crippen LogP contribution in [0.1, 0.15) is 23.7 Å². The molecule has 100 valence electrons. The average molecular weight is 266 g/mol. The molecule has 2 rings (SSSR count). The monoisotopic (exact) mass is 266 g/mol. The molecule has 2 aromatic rings. The Morgan fingerprint density at radius 2 is 2.00 bits per heavy atom. The number of amides is 1. The standard InChI is InChI=1S/C15H14N4O/c1-10-5-7-17-13(15(10)16)4-3-12-6-8-18-14(9-12)19-11(2)20/h5-9H,16H2,1-2H3,(H,18,19,20). The molecule has 20 heavy (non-hydrogen) atoms. The first kappa shape index (κ1) is 13.6. The lowest BCUT2D eigenvalue weighted by Gasteiger charge is -2.01. The summed E-state index contributed by atoms with van der Waals surface area (Å²) in [6.45, 7) is 3.33. The predicted molar refractivity (Wildman–Crippen MR) is 77.9 cm³/mol. The van der Waals surface area contributed by atoms with Gasteiger partial charge in [-0.15, -0.1) is 0 Å². The molecule has 2 heterocycles. The van der Waals surface area contributed by atoms with Gasteiger partial charge in [0.2, 0.25) is 5.91 Å². The summed E-state index contributed by atoms with van der Waals surface area (Å²) in [6, 6.07) is 5.28. The van der Waals surface area contributed by atoms with Crippen LogP contribution in [-0.4, -0.2) is 15.9 Å². The van der Waals surface area contributed by atoms with Gasteiger partial charge in [-0.1, -0.05) is 5.92 Å². The highest BCUT2D eigenvalue weighted by Gasteiger charge is 2.00. The second-order valence-electron chi connectivity index (χ2n) is 4.25. The van der Waals surface area contributed by atoms with Crippen molar-refractivity contribution in [2.75, 3.05) is 11.1 Å². The fraction of sp³-hybridized carbons (Fsp3) is 0.133. The van der Waals surface area contributed by atoms with Crippen molar-refractivity contribution < 1.29 is 4.79 Å². The van der Waals surface area contributed by atoms with Gasteiger partial charge in [0.15, 0.2) is 0 Å². The SMILES string of the molecule is CC(=O)Nc1cc(C#Cc2nccc(C)c2N)ccn1. The van der Waals surface area contributed by atoms with E-state index in [0.29, 0.717) is 17.2 Å². The van der Waals surface area contributed by atoms with Crippen LogP contribution in [0.5, 0.6) is 0 Å². The lowest BCUT2D eigenvalue weighted by molar-refractivity contribution is -0.114. The zero-order valence-electron chi connectivity index (χ0n) is 11.3. The van der Waals surface area contributed by atoms with E-state index < -0.39 is 0 Å². The van der Waals surface area contributed by atoms with Crippen LogP contribution in [0.4, 0.5) is 11.5 Å². The number of carbonyl (C=O) groups excluding carboxylic acids is 1. The van der Waals surface area contributed by atoms with Gasteiger partial charge in [0, 0.05) is 24.9 Å². The third kappa shape index (κ3) is 3.33. The maximum atomic E-state index is 11.0. The van der Waals surface area contributed by atoms with E-state index in [1.165, 1.54) is 6.92 Å². The molecule has 2 aromatic heterocycles. The molecule has 0 saturated heterocycles. The second-order valence-corrected chi connectivity index (χ2v) is 4.25. The van der Waals surface area contributed by atoms with Crippen LogP contribution in [0.25, 0.3) is 0 Å². The summed E-state index contributed by atoms with van der Waals surface area (Å²) in [7, 11) is 0. The van der Waals surface area contributed by atoms with Gasteiger partial charge in [-0.3, -0.25) is 4.79 Å². The van der Waals surface area contributed by atoms with Crippen molar-refractivity contribution in [3.05, 3.63) is 47.4 Å². The molecule has 0 atom stereocenters. The number of rotatable bonds is 1. The Balaban J connectivity index is 2.29. The van der Waals surface area contributed by atoms with E-state index in [0.717, 1.165) is 11.1 Å². The Labute approximate surface area is 117 Å². The highest BCUT2D eigenvalue weighted by atomic mass is 16.1. The van der Waals surface area contributed by atoms with Crippen LogP contribution in [-0.2, 0) is 4.79 Å². The summed E-state index contributed by atoms with van der Waals surface area (Å²) in [5.41, 5.74) is 8.70. The molecule has 0 aromatic carbocycles. The molecule has 0 bridgehead atoms. The van der Waals surface area contributed by atoms with Crippen molar-refractivity contribution in [2.45, 2.75) is 13.8 Å². The number of nitrogen functional groups attached to an aromatic ring is 1. The Kier molecular flexibility index (Phi) is 3.96. The topological polar surface area (TPSA) is 80.9 Å². The smallest absolute Gasteiger partial charge is 0.222 e. The normalized spacial score (nSPS) is 9.50. The number of anilines is 2. The largest absolute Gasteiger partial charge is 0.396 e. The van der Waals surface area contributed by atoms with Gasteiger partial charge in [0.1, 0.15) is 11.5 Å². The van der Waals surface area contributed by atoms with Crippen LogP contribution in [0, 0.1) is 18.8 Å². The molecule has 5 nitrogen and oxygen atoms in total. The molecule has 5 heteroatoms. The molecule has 0 saturated carbocycles. The molecule has 0 unspecified atom stereocenters. The van der Waals surface area contributed by atoms with Crippen LogP contribution in [0.15, 0.2) is 30.6 Å². The molecule has 0 aliphatic rings. The van der Waals surface area contributed by atoms with Crippen LogP contribution >= 0.6 is 0 Å². The van der Waals surface area contributed by atoms with E-state index in [1.807, 2.05) is 13.0 Å². The first-order valence-corrected chi connectivity index (χ1v) is 6.03. The van der Waals surface area contributed by atoms with Gasteiger partial charge in [0.05, 0.1) is 5.69 Å². The third-order valence-corrected chi connectivity index (χ3v) is 2.60. The zero-order chi connectivity index (χ0) is 14.5. The maximum Gasteiger partial charge on any atom is 0.222 e. The molecule has 0 aliphatic carbocycles. The van der Waals surface area contributed by atoms with Gasteiger partial charge in [-0.05, 0) is 36.6 Å². The number of aryl methyl sites for hydroxylation is 1. The highest BCUT2D eigenvalue weighted by molar-refractivity contribution is 5.87. The van der Waals surface area contributed by atoms with Crippen molar-refractivity contribution in [1.29, 1.82) is 0 Å². The number of aromatic nitrogens is 2. The number of nitrogens with one attached hydrogen (secondary N) is 1. The zero-order valence-corrected chi connectivity index (χ0v) is 11.3. The Morgan fingerprint density at radius 1 is 1.25 bits per heavy atom. The molecule has 3 N–H and O–H groups in total. The van der Waals surface area contributed by atoms with Crippen LogP contribution < -0.4 is 11.1 Å². The molecular formula is C15H14N4O. The van der Waals surface area contributed by atoms with Crippen molar-refractivity contribution in [3.63, 3.8) is 0 Å². The van der Waals surface area contributed by atoms with Gasteiger partial charge in [-0.25, -0.2) is 9.97 Å². The van der Waals surface area contributed by atoms with E-state index in [1.54, 1.807) is 24.5 Å². The van der Waals surface area contributed by atoms with Crippen molar-refractivity contribution in [2.24, 2.45) is 0 Å². The summed E-state index contributed by atoms with van der Waals surface area (Å²) in [4.78, 5) is 19.1. The number of nitrogens with zero attached hydrogens (tertiary/aromatic N) is 2. The molecule has 0 spiro atoms. The molecular weight excluding hydrogens is 252 g/mol. The average Bonchev–Trinajstić information content (AvgIpc) is 2.40. The van der Waals surface area contributed by atoms with E-state index in [9.17, 15) is 4.79 Å². The Hall–Kier alpha value is -2.87. The van der Waals surface area contributed by atoms with Crippen LogP contribution in [0.3, 0.4) is 0 Å². The summed E-state index contributed by atoms with van der Waals surface area (Å²) in [5.74, 6) is 6.18. The number of pyridine rings is 2. The van der Waals surface area contributed by atoms with Crippen LogP contribution in [0.2, 0.25) is 0 Å². The first-order valence-electron chi connectivity index (χ1n) is 6.03.